The number of rotatable bonds is 5. The lowest BCUT2D eigenvalue weighted by Crippen LogP contribution is -2.49. The molecular formula is C31H36FN9. The van der Waals surface area contributed by atoms with E-state index in [-0.39, 0.29) is 5.82 Å². The molecule has 0 amide bonds. The summed E-state index contributed by atoms with van der Waals surface area (Å²) in [7, 11) is 2.21. The number of nitrogens with two attached hydrogens (primary N) is 1. The van der Waals surface area contributed by atoms with Crippen molar-refractivity contribution in [2.24, 2.45) is 0 Å². The molecule has 5 aromatic rings. The van der Waals surface area contributed by atoms with E-state index >= 15 is 0 Å². The molecule has 4 heterocycles. The first-order valence-electron chi connectivity index (χ1n) is 14.5. The van der Waals surface area contributed by atoms with Crippen molar-refractivity contribution in [3.63, 3.8) is 0 Å². The molecule has 9 nitrogen and oxygen atoms in total. The normalized spacial score (nSPS) is 20.7. The van der Waals surface area contributed by atoms with Gasteiger partial charge in [-0.05, 0) is 75.0 Å². The van der Waals surface area contributed by atoms with Crippen LogP contribution in [0.5, 0.6) is 0 Å². The van der Waals surface area contributed by atoms with E-state index in [0.29, 0.717) is 34.9 Å². The lowest BCUT2D eigenvalue weighted by atomic mass is 9.89. The number of nitrogens with one attached hydrogen (secondary N) is 2. The number of nitrogens with zero attached hydrogens (tertiary/aromatic N) is 6. The van der Waals surface area contributed by atoms with Crippen molar-refractivity contribution in [1.82, 2.24) is 34.3 Å². The van der Waals surface area contributed by atoms with Crippen molar-refractivity contribution < 1.29 is 4.39 Å². The van der Waals surface area contributed by atoms with E-state index in [2.05, 4.69) is 65.0 Å². The monoisotopic (exact) mass is 553 g/mol. The molecule has 2 fully saturated rings. The Labute approximate surface area is 238 Å². The topological polar surface area (TPSA) is 104 Å². The van der Waals surface area contributed by atoms with Crippen LogP contribution >= 0.6 is 0 Å². The van der Waals surface area contributed by atoms with Gasteiger partial charge < -0.3 is 25.5 Å². The molecule has 3 aromatic heterocycles. The Morgan fingerprint density at radius 3 is 2.46 bits per heavy atom. The molecule has 0 radical (unpaired) electrons. The van der Waals surface area contributed by atoms with E-state index in [9.17, 15) is 4.39 Å². The fourth-order valence-electron chi connectivity index (χ4n) is 6.63. The number of hydrogen-bond donors (Lipinski definition) is 3. The fourth-order valence-corrected chi connectivity index (χ4v) is 6.63. The highest BCUT2D eigenvalue weighted by Crippen LogP contribution is 2.39. The van der Waals surface area contributed by atoms with Gasteiger partial charge in [0.05, 0.1) is 10.9 Å². The van der Waals surface area contributed by atoms with Crippen LogP contribution in [0, 0.1) is 12.7 Å². The van der Waals surface area contributed by atoms with E-state index in [0.717, 1.165) is 59.3 Å². The quantitative estimate of drug-likeness (QED) is 0.265. The summed E-state index contributed by atoms with van der Waals surface area (Å²) < 4.78 is 16.7. The van der Waals surface area contributed by atoms with Crippen LogP contribution in [0.15, 0.2) is 48.9 Å². The minimum atomic E-state index is -0.306. The average molecular weight is 554 g/mol. The number of hydrogen-bond acceptors (Lipinski definition) is 7. The number of H-pyrrole nitrogens is 1. The molecular weight excluding hydrogens is 517 g/mol. The number of piperazine rings is 1. The van der Waals surface area contributed by atoms with Gasteiger partial charge in [-0.2, -0.15) is 0 Å². The Morgan fingerprint density at radius 1 is 0.976 bits per heavy atom. The number of fused-ring (bicyclic) bond motifs is 2. The van der Waals surface area contributed by atoms with Gasteiger partial charge in [-0.15, -0.1) is 0 Å². The summed E-state index contributed by atoms with van der Waals surface area (Å²) in [5.41, 5.74) is 12.1. The molecule has 0 unspecified atom stereocenters. The zero-order valence-corrected chi connectivity index (χ0v) is 23.6. The Balaban J connectivity index is 1.12. The SMILES string of the molecule is Cc1cc(F)c2[nH]c(Nc3ccc(-c4cn([C@H]5CC[C@@H](N6CCN(C)CC6)CC5)c5ncnc(N)c45)cc3)nc2c1. The first-order valence-corrected chi connectivity index (χ1v) is 14.5. The first kappa shape index (κ1) is 25.9. The fraction of sp³-hybridized carbons (Fsp3) is 0.387. The van der Waals surface area contributed by atoms with E-state index in [1.165, 1.54) is 32.0 Å². The second-order valence-corrected chi connectivity index (χ2v) is 11.6. The van der Waals surface area contributed by atoms with Crippen LogP contribution in [0.1, 0.15) is 37.3 Å². The summed E-state index contributed by atoms with van der Waals surface area (Å²) in [6.07, 6.45) is 8.45. The largest absolute Gasteiger partial charge is 0.383 e. The van der Waals surface area contributed by atoms with Crippen LogP contribution < -0.4 is 11.1 Å². The van der Waals surface area contributed by atoms with Crippen molar-refractivity contribution in [3.05, 3.63) is 60.3 Å². The zero-order valence-electron chi connectivity index (χ0n) is 23.6. The number of aromatic nitrogens is 5. The van der Waals surface area contributed by atoms with Gasteiger partial charge in [-0.3, -0.25) is 4.90 Å². The molecule has 0 bridgehead atoms. The Bertz CT molecular complexity index is 1690. The van der Waals surface area contributed by atoms with Gasteiger partial charge in [-0.1, -0.05) is 12.1 Å². The highest BCUT2D eigenvalue weighted by Gasteiger charge is 2.30. The smallest absolute Gasteiger partial charge is 0.205 e. The van der Waals surface area contributed by atoms with Crippen molar-refractivity contribution in [2.75, 3.05) is 44.3 Å². The van der Waals surface area contributed by atoms with Crippen LogP contribution in [0.25, 0.3) is 33.2 Å². The number of likely N-dealkylation sites (N-methyl/N-ethyl adjacent to an activating group) is 1. The molecule has 0 atom stereocenters. The molecule has 7 rings (SSSR count). The number of aryl methyl sites for hydroxylation is 1. The summed E-state index contributed by atoms with van der Waals surface area (Å²) in [6.45, 7) is 6.52. The van der Waals surface area contributed by atoms with Gasteiger partial charge in [0.25, 0.3) is 0 Å². The van der Waals surface area contributed by atoms with Crippen LogP contribution in [-0.2, 0) is 0 Å². The number of anilines is 3. The van der Waals surface area contributed by atoms with Crippen LogP contribution in [-0.4, -0.2) is 73.6 Å². The molecule has 4 N–H and O–H groups in total. The minimum absolute atomic E-state index is 0.306. The number of halogens is 1. The van der Waals surface area contributed by atoms with Gasteiger partial charge in [0.2, 0.25) is 5.95 Å². The lowest BCUT2D eigenvalue weighted by Gasteiger charge is -2.41. The predicted octanol–water partition coefficient (Wildman–Crippen LogP) is 5.48. The summed E-state index contributed by atoms with van der Waals surface area (Å²) >= 11 is 0. The maximum absolute atomic E-state index is 14.3. The molecule has 2 aliphatic rings. The Kier molecular flexibility index (Phi) is 6.59. The van der Waals surface area contributed by atoms with Gasteiger partial charge in [0, 0.05) is 55.7 Å². The lowest BCUT2D eigenvalue weighted by molar-refractivity contribution is 0.0828. The third-order valence-corrected chi connectivity index (χ3v) is 8.90. The summed E-state index contributed by atoms with van der Waals surface area (Å²) in [6, 6.07) is 12.5. The maximum Gasteiger partial charge on any atom is 0.205 e. The second kappa shape index (κ2) is 10.4. The van der Waals surface area contributed by atoms with Crippen molar-refractivity contribution in [2.45, 2.75) is 44.7 Å². The third kappa shape index (κ3) is 4.91. The molecule has 0 spiro atoms. The number of benzene rings is 2. The van der Waals surface area contributed by atoms with Crippen LogP contribution in [0.3, 0.4) is 0 Å². The molecule has 212 valence electrons. The van der Waals surface area contributed by atoms with Gasteiger partial charge in [0.1, 0.15) is 29.1 Å². The standard InChI is InChI=1S/C31H36FN9/c1-19-15-25(32)28-26(16-19)37-31(38-28)36-21-5-3-20(4-6-21)24-17-41(30-27(24)29(33)34-18-35-30)23-9-7-22(8-10-23)40-13-11-39(2)12-14-40/h3-6,15-18,22-23H,7-14H2,1-2H3,(H2,33,34,35)(H2,36,37,38)/t22-,23+. The van der Waals surface area contributed by atoms with Gasteiger partial charge in [0.15, 0.2) is 0 Å². The van der Waals surface area contributed by atoms with Crippen LogP contribution in [0.2, 0.25) is 0 Å². The highest BCUT2D eigenvalue weighted by molar-refractivity contribution is 6.00. The number of nitrogen functional groups attached to an aromatic ring is 1. The van der Waals surface area contributed by atoms with Gasteiger partial charge >= 0.3 is 0 Å². The minimum Gasteiger partial charge on any atom is -0.383 e. The molecule has 2 aromatic carbocycles. The third-order valence-electron chi connectivity index (χ3n) is 8.90. The summed E-state index contributed by atoms with van der Waals surface area (Å²) in [4.78, 5) is 21.7. The molecule has 1 saturated heterocycles. The van der Waals surface area contributed by atoms with Crippen molar-refractivity contribution in [3.8, 4) is 11.1 Å². The maximum atomic E-state index is 14.3. The highest BCUT2D eigenvalue weighted by atomic mass is 19.1. The molecule has 1 saturated carbocycles. The Morgan fingerprint density at radius 2 is 1.71 bits per heavy atom. The molecule has 41 heavy (non-hydrogen) atoms. The van der Waals surface area contributed by atoms with Crippen LogP contribution in [0.4, 0.5) is 21.8 Å². The van der Waals surface area contributed by atoms with Crippen molar-refractivity contribution >= 4 is 39.5 Å². The predicted molar refractivity (Wildman–Crippen MR) is 162 cm³/mol. The van der Waals surface area contributed by atoms with Gasteiger partial charge in [-0.25, -0.2) is 19.3 Å². The number of aromatic amines is 1. The summed E-state index contributed by atoms with van der Waals surface area (Å²) in [5, 5.41) is 4.16. The summed E-state index contributed by atoms with van der Waals surface area (Å²) in [5.74, 6) is 0.690. The number of imidazole rings is 1. The van der Waals surface area contributed by atoms with E-state index < -0.39 is 0 Å². The first-order chi connectivity index (χ1) is 19.9. The van der Waals surface area contributed by atoms with Crippen molar-refractivity contribution in [1.29, 1.82) is 0 Å². The molecule has 1 aliphatic heterocycles. The average Bonchev–Trinajstić information content (AvgIpc) is 3.56. The molecule has 10 heteroatoms. The van der Waals surface area contributed by atoms with E-state index in [4.69, 9.17) is 5.73 Å². The zero-order chi connectivity index (χ0) is 28.1. The second-order valence-electron chi connectivity index (χ2n) is 11.6. The van der Waals surface area contributed by atoms with E-state index in [1.807, 2.05) is 25.1 Å². The Hall–Kier alpha value is -4.02. The molecule has 1 aliphatic carbocycles. The van der Waals surface area contributed by atoms with E-state index in [1.54, 1.807) is 6.33 Å².